The van der Waals surface area contributed by atoms with Gasteiger partial charge in [0.2, 0.25) is 0 Å². The number of rotatable bonds is 3. The van der Waals surface area contributed by atoms with E-state index < -0.39 is 0 Å². The molecule has 0 aliphatic carbocycles. The van der Waals surface area contributed by atoms with Crippen LogP contribution in [0.1, 0.15) is 19.8 Å². The van der Waals surface area contributed by atoms with Gasteiger partial charge in [-0.25, -0.2) is 0 Å². The lowest BCUT2D eigenvalue weighted by Gasteiger charge is -1.98. The summed E-state index contributed by atoms with van der Waals surface area (Å²) in [6.07, 6.45) is 2.61. The highest BCUT2D eigenvalue weighted by Gasteiger charge is 1.91. The molecule has 0 spiro atoms. The summed E-state index contributed by atoms with van der Waals surface area (Å²) in [7, 11) is 0. The molecular weight excluding hydrogens is 208 g/mol. The van der Waals surface area contributed by atoms with Gasteiger partial charge in [-0.3, -0.25) is 0 Å². The normalized spacial score (nSPS) is 9.00. The van der Waals surface area contributed by atoms with Crippen LogP contribution in [-0.2, 0) is 4.79 Å². The van der Waals surface area contributed by atoms with E-state index in [1.807, 2.05) is 19.1 Å². The van der Waals surface area contributed by atoms with Crippen LogP contribution in [0.25, 0.3) is 11.1 Å². The van der Waals surface area contributed by atoms with Gasteiger partial charge < -0.3 is 4.79 Å². The zero-order chi connectivity index (χ0) is 12.3. The largest absolute Gasteiger partial charge is 0.303 e. The van der Waals surface area contributed by atoms with Crippen LogP contribution in [0.15, 0.2) is 60.7 Å². The number of carbonyl (C=O) groups excluding carboxylic acids is 1. The summed E-state index contributed by atoms with van der Waals surface area (Å²) >= 11 is 0. The maximum Gasteiger partial charge on any atom is 0.119 e. The van der Waals surface area contributed by atoms with Gasteiger partial charge in [0, 0.05) is 6.42 Å². The van der Waals surface area contributed by atoms with Gasteiger partial charge in [-0.05, 0) is 17.5 Å². The molecule has 1 nitrogen and oxygen atoms in total. The van der Waals surface area contributed by atoms with Crippen LogP contribution in [0, 0.1) is 0 Å². The highest BCUT2D eigenvalue weighted by molar-refractivity contribution is 5.62. The van der Waals surface area contributed by atoms with E-state index in [0.29, 0.717) is 6.42 Å². The van der Waals surface area contributed by atoms with E-state index in [0.717, 1.165) is 12.7 Å². The third-order valence-corrected chi connectivity index (χ3v) is 2.29. The van der Waals surface area contributed by atoms with Gasteiger partial charge in [-0.1, -0.05) is 67.6 Å². The molecule has 88 valence electrons. The summed E-state index contributed by atoms with van der Waals surface area (Å²) in [6, 6.07) is 20.8. The molecule has 0 aliphatic heterocycles. The monoisotopic (exact) mass is 226 g/mol. The lowest BCUT2D eigenvalue weighted by molar-refractivity contribution is -0.107. The molecule has 0 atom stereocenters. The average Bonchev–Trinajstić information content (AvgIpc) is 2.42. The van der Waals surface area contributed by atoms with Gasteiger partial charge >= 0.3 is 0 Å². The standard InChI is InChI=1S/C12H10.C4H8O/c1-3-7-11(8-4-1)12-9-5-2-6-10-12;1-2-3-4-5/h1-10H;4H,2-3H2,1H3. The Bertz CT molecular complexity index is 369. The average molecular weight is 226 g/mol. The lowest BCUT2D eigenvalue weighted by atomic mass is 10.1. The van der Waals surface area contributed by atoms with Crippen molar-refractivity contribution in [2.24, 2.45) is 0 Å². The van der Waals surface area contributed by atoms with E-state index in [2.05, 4.69) is 48.5 Å². The van der Waals surface area contributed by atoms with E-state index in [4.69, 9.17) is 0 Å². The Balaban J connectivity index is 0.000000249. The van der Waals surface area contributed by atoms with Crippen LogP contribution < -0.4 is 0 Å². The maximum atomic E-state index is 9.40. The molecule has 0 saturated heterocycles. The van der Waals surface area contributed by atoms with Gasteiger partial charge in [-0.15, -0.1) is 0 Å². The van der Waals surface area contributed by atoms with E-state index >= 15 is 0 Å². The molecule has 0 unspecified atom stereocenters. The van der Waals surface area contributed by atoms with Gasteiger partial charge in [0.05, 0.1) is 0 Å². The lowest BCUT2D eigenvalue weighted by Crippen LogP contribution is -1.73. The molecule has 0 aromatic heterocycles. The summed E-state index contributed by atoms with van der Waals surface area (Å²) in [4.78, 5) is 9.40. The predicted octanol–water partition coefficient (Wildman–Crippen LogP) is 4.34. The minimum Gasteiger partial charge on any atom is -0.303 e. The van der Waals surface area contributed by atoms with Gasteiger partial charge in [0.15, 0.2) is 0 Å². The van der Waals surface area contributed by atoms with E-state index in [1.165, 1.54) is 11.1 Å². The van der Waals surface area contributed by atoms with E-state index in [-0.39, 0.29) is 0 Å². The number of hydrogen-bond donors (Lipinski definition) is 0. The summed E-state index contributed by atoms with van der Waals surface area (Å²) in [5, 5.41) is 0. The molecule has 0 bridgehead atoms. The zero-order valence-corrected chi connectivity index (χ0v) is 10.2. The van der Waals surface area contributed by atoms with Crippen molar-refractivity contribution in [3.05, 3.63) is 60.7 Å². The Morgan fingerprint density at radius 3 is 1.47 bits per heavy atom. The number of aldehydes is 1. The number of carbonyl (C=O) groups is 1. The molecule has 0 aliphatic rings. The molecule has 0 N–H and O–H groups in total. The van der Waals surface area contributed by atoms with Crippen molar-refractivity contribution in [3.8, 4) is 11.1 Å². The van der Waals surface area contributed by atoms with Crippen molar-refractivity contribution in [2.75, 3.05) is 0 Å². The fraction of sp³-hybridized carbons (Fsp3) is 0.188. The molecule has 0 radical (unpaired) electrons. The second-order valence-electron chi connectivity index (χ2n) is 3.69. The molecule has 2 rings (SSSR count). The third kappa shape index (κ3) is 5.12. The van der Waals surface area contributed by atoms with Gasteiger partial charge in [0.1, 0.15) is 6.29 Å². The quantitative estimate of drug-likeness (QED) is 0.711. The summed E-state index contributed by atoms with van der Waals surface area (Å²) < 4.78 is 0. The molecule has 0 saturated carbocycles. The zero-order valence-electron chi connectivity index (χ0n) is 10.2. The highest BCUT2D eigenvalue weighted by Crippen LogP contribution is 2.17. The first-order valence-electron chi connectivity index (χ1n) is 5.92. The Labute approximate surface area is 103 Å². The van der Waals surface area contributed by atoms with Crippen LogP contribution in [0.5, 0.6) is 0 Å². The van der Waals surface area contributed by atoms with Gasteiger partial charge in [-0.2, -0.15) is 0 Å². The van der Waals surface area contributed by atoms with Crippen molar-refractivity contribution in [1.82, 2.24) is 0 Å². The highest BCUT2D eigenvalue weighted by atomic mass is 16.1. The topological polar surface area (TPSA) is 17.1 Å². The van der Waals surface area contributed by atoms with Crippen LogP contribution in [0.3, 0.4) is 0 Å². The van der Waals surface area contributed by atoms with Crippen molar-refractivity contribution in [2.45, 2.75) is 19.8 Å². The molecular formula is C16H18O. The van der Waals surface area contributed by atoms with Crippen molar-refractivity contribution < 1.29 is 4.79 Å². The molecule has 0 fully saturated rings. The van der Waals surface area contributed by atoms with Crippen molar-refractivity contribution in [3.63, 3.8) is 0 Å². The first kappa shape index (κ1) is 13.2. The third-order valence-electron chi connectivity index (χ3n) is 2.29. The van der Waals surface area contributed by atoms with Crippen LogP contribution >= 0.6 is 0 Å². The molecule has 17 heavy (non-hydrogen) atoms. The fourth-order valence-corrected chi connectivity index (χ4v) is 1.38. The van der Waals surface area contributed by atoms with Crippen LogP contribution in [0.4, 0.5) is 0 Å². The second kappa shape index (κ2) is 8.28. The van der Waals surface area contributed by atoms with Crippen molar-refractivity contribution in [1.29, 1.82) is 0 Å². The Kier molecular flexibility index (Phi) is 6.42. The fourth-order valence-electron chi connectivity index (χ4n) is 1.38. The molecule has 0 amide bonds. The SMILES string of the molecule is CCCC=O.c1ccc(-c2ccccc2)cc1. The Morgan fingerprint density at radius 1 is 0.824 bits per heavy atom. The van der Waals surface area contributed by atoms with E-state index in [1.54, 1.807) is 0 Å². The summed E-state index contributed by atoms with van der Waals surface area (Å²) in [5.41, 5.74) is 2.55. The Hall–Kier alpha value is -1.89. The number of hydrogen-bond acceptors (Lipinski definition) is 1. The van der Waals surface area contributed by atoms with E-state index in [9.17, 15) is 4.79 Å². The molecule has 0 heterocycles. The minimum absolute atomic E-state index is 0.708. The maximum absolute atomic E-state index is 9.40. The van der Waals surface area contributed by atoms with Crippen LogP contribution in [-0.4, -0.2) is 6.29 Å². The summed E-state index contributed by atoms with van der Waals surface area (Å²) in [5.74, 6) is 0. The number of benzene rings is 2. The smallest absolute Gasteiger partial charge is 0.119 e. The van der Waals surface area contributed by atoms with Crippen molar-refractivity contribution >= 4 is 6.29 Å². The number of unbranched alkanes of at least 4 members (excludes halogenated alkanes) is 1. The first-order chi connectivity index (χ1) is 8.38. The molecule has 1 heteroatoms. The Morgan fingerprint density at radius 2 is 1.24 bits per heavy atom. The molecule has 2 aromatic rings. The second-order valence-corrected chi connectivity index (χ2v) is 3.69. The first-order valence-corrected chi connectivity index (χ1v) is 5.92. The summed E-state index contributed by atoms with van der Waals surface area (Å²) in [6.45, 7) is 1.98. The minimum atomic E-state index is 0.708. The van der Waals surface area contributed by atoms with Gasteiger partial charge in [0.25, 0.3) is 0 Å². The predicted molar refractivity (Wildman–Crippen MR) is 72.9 cm³/mol. The molecule has 2 aromatic carbocycles. The van der Waals surface area contributed by atoms with Crippen LogP contribution in [0.2, 0.25) is 0 Å².